The molecule has 4 nitrogen and oxygen atoms in total. The molecule has 202 valence electrons. The summed E-state index contributed by atoms with van der Waals surface area (Å²) < 4.78 is 32.6. The van der Waals surface area contributed by atoms with Gasteiger partial charge in [0.1, 0.15) is 17.7 Å². The van der Waals surface area contributed by atoms with E-state index in [1.807, 2.05) is 42.5 Å². The Labute approximate surface area is 229 Å². The van der Waals surface area contributed by atoms with Gasteiger partial charge in [-0.3, -0.25) is 9.69 Å². The molecule has 1 atom stereocenters. The van der Waals surface area contributed by atoms with E-state index in [1.165, 1.54) is 36.1 Å². The molecule has 0 bridgehead atoms. The molecule has 1 heterocycles. The van der Waals surface area contributed by atoms with E-state index in [9.17, 15) is 13.6 Å². The van der Waals surface area contributed by atoms with Gasteiger partial charge in [0.25, 0.3) is 0 Å². The number of rotatable bonds is 12. The van der Waals surface area contributed by atoms with Gasteiger partial charge in [0.15, 0.2) is 0 Å². The zero-order valence-corrected chi connectivity index (χ0v) is 22.7. The lowest BCUT2D eigenvalue weighted by molar-refractivity contribution is -0.146. The quantitative estimate of drug-likeness (QED) is 0.202. The van der Waals surface area contributed by atoms with Crippen molar-refractivity contribution in [3.63, 3.8) is 0 Å². The van der Waals surface area contributed by atoms with Crippen molar-refractivity contribution in [2.75, 3.05) is 45.0 Å². The van der Waals surface area contributed by atoms with Gasteiger partial charge in [-0.2, -0.15) is 0 Å². The lowest BCUT2D eigenvalue weighted by Gasteiger charge is -2.36. The Hall–Kier alpha value is -2.74. The number of thioether (sulfide) groups is 1. The number of hydrogen-bond acceptors (Lipinski definition) is 5. The minimum absolute atomic E-state index is 0.101. The molecule has 7 heteroatoms. The summed E-state index contributed by atoms with van der Waals surface area (Å²) in [6.07, 6.45) is 1.75. The second-order valence-corrected chi connectivity index (χ2v) is 10.9. The molecule has 1 aliphatic rings. The van der Waals surface area contributed by atoms with E-state index in [4.69, 9.17) is 4.74 Å². The van der Waals surface area contributed by atoms with E-state index in [0.29, 0.717) is 0 Å². The third-order valence-corrected chi connectivity index (χ3v) is 8.09. The molecule has 1 fully saturated rings. The number of hydrogen-bond donors (Lipinski definition) is 0. The number of carbonyl (C=O) groups excluding carboxylic acids is 1. The summed E-state index contributed by atoms with van der Waals surface area (Å²) in [7, 11) is 0. The largest absolute Gasteiger partial charge is 0.460 e. The number of esters is 1. The number of carbonyl (C=O) groups is 1. The predicted molar refractivity (Wildman–Crippen MR) is 149 cm³/mol. The van der Waals surface area contributed by atoms with Gasteiger partial charge >= 0.3 is 5.97 Å². The van der Waals surface area contributed by atoms with E-state index in [-0.39, 0.29) is 29.6 Å². The van der Waals surface area contributed by atoms with E-state index in [0.717, 1.165) is 69.0 Å². The fourth-order valence-electron chi connectivity index (χ4n) is 4.98. The van der Waals surface area contributed by atoms with Crippen molar-refractivity contribution in [3.8, 4) is 0 Å². The summed E-state index contributed by atoms with van der Waals surface area (Å²) in [5.41, 5.74) is 2.10. The molecular formula is C31H36F2N2O2S. The molecule has 3 aromatic carbocycles. The molecule has 1 unspecified atom stereocenters. The Morgan fingerprint density at radius 1 is 0.842 bits per heavy atom. The molecule has 0 N–H and O–H groups in total. The molecule has 0 amide bonds. The monoisotopic (exact) mass is 538 g/mol. The van der Waals surface area contributed by atoms with Crippen LogP contribution < -0.4 is 0 Å². The molecule has 1 aliphatic heterocycles. The molecule has 0 saturated carbocycles. The Morgan fingerprint density at radius 2 is 1.39 bits per heavy atom. The second kappa shape index (κ2) is 14.4. The normalized spacial score (nSPS) is 15.5. The Kier molecular flexibility index (Phi) is 10.7. The first-order chi connectivity index (χ1) is 18.5. The van der Waals surface area contributed by atoms with Crippen molar-refractivity contribution in [3.05, 3.63) is 102 Å². The maximum atomic E-state index is 13.5. The number of piperazine rings is 1. The van der Waals surface area contributed by atoms with Crippen LogP contribution >= 0.6 is 11.8 Å². The Balaban J connectivity index is 1.25. The molecule has 0 aliphatic carbocycles. The maximum absolute atomic E-state index is 13.5. The number of halogens is 2. The molecule has 38 heavy (non-hydrogen) atoms. The van der Waals surface area contributed by atoms with E-state index in [2.05, 4.69) is 21.9 Å². The lowest BCUT2D eigenvalue weighted by Crippen LogP contribution is -2.49. The molecule has 3 aromatic rings. The van der Waals surface area contributed by atoms with Crippen LogP contribution in [0.5, 0.6) is 0 Å². The van der Waals surface area contributed by atoms with Gasteiger partial charge in [-0.15, -0.1) is 11.8 Å². The highest BCUT2D eigenvalue weighted by atomic mass is 32.2. The topological polar surface area (TPSA) is 32.8 Å². The number of nitrogens with zero attached hydrogens (tertiary/aromatic N) is 2. The molecular weight excluding hydrogens is 502 g/mol. The third-order valence-electron chi connectivity index (χ3n) is 6.95. The fraction of sp³-hybridized carbons (Fsp3) is 0.387. The van der Waals surface area contributed by atoms with Crippen molar-refractivity contribution in [1.82, 2.24) is 9.80 Å². The van der Waals surface area contributed by atoms with Crippen molar-refractivity contribution in [1.29, 1.82) is 0 Å². The van der Waals surface area contributed by atoms with Gasteiger partial charge in [-0.05, 0) is 66.9 Å². The summed E-state index contributed by atoms with van der Waals surface area (Å²) in [6, 6.07) is 23.5. The number of benzene rings is 3. The molecule has 1 saturated heterocycles. The number of ether oxygens (including phenoxy) is 1. The van der Waals surface area contributed by atoms with E-state index in [1.54, 1.807) is 11.8 Å². The van der Waals surface area contributed by atoms with Crippen LogP contribution in [0.1, 0.15) is 36.8 Å². The summed E-state index contributed by atoms with van der Waals surface area (Å²) in [5, 5.41) is 0. The highest BCUT2D eigenvalue weighted by molar-refractivity contribution is 7.99. The van der Waals surface area contributed by atoms with Crippen LogP contribution in [0.15, 0.2) is 83.8 Å². The molecule has 0 spiro atoms. The lowest BCUT2D eigenvalue weighted by atomic mass is 9.87. The first-order valence-electron chi connectivity index (χ1n) is 13.3. The summed E-state index contributed by atoms with van der Waals surface area (Å²) in [5.74, 6) is 0.0965. The first kappa shape index (κ1) is 28.3. The highest BCUT2D eigenvalue weighted by Crippen LogP contribution is 2.30. The second-order valence-electron chi connectivity index (χ2n) is 9.80. The smallest absolute Gasteiger partial charge is 0.302 e. The third kappa shape index (κ3) is 8.93. The Bertz CT molecular complexity index is 1080. The van der Waals surface area contributed by atoms with Crippen LogP contribution in [0.2, 0.25) is 0 Å². The van der Waals surface area contributed by atoms with Crippen LogP contribution in [-0.4, -0.2) is 66.9 Å². The van der Waals surface area contributed by atoms with Crippen LogP contribution in [-0.2, 0) is 9.53 Å². The minimum Gasteiger partial charge on any atom is -0.460 e. The average molecular weight is 539 g/mol. The van der Waals surface area contributed by atoms with Crippen LogP contribution in [0.25, 0.3) is 0 Å². The minimum atomic E-state index is -0.251. The SMILES string of the molecule is CC(=O)OC(CSc1ccccc1)CN1CCN(CCCC(c2ccc(F)cc2)c2ccc(F)cc2)CC1. The van der Waals surface area contributed by atoms with Gasteiger partial charge in [0.05, 0.1) is 0 Å². The zero-order chi connectivity index (χ0) is 26.7. The zero-order valence-electron chi connectivity index (χ0n) is 21.9. The van der Waals surface area contributed by atoms with Crippen LogP contribution in [0.3, 0.4) is 0 Å². The van der Waals surface area contributed by atoms with Crippen molar-refractivity contribution < 1.29 is 18.3 Å². The highest BCUT2D eigenvalue weighted by Gasteiger charge is 2.22. The van der Waals surface area contributed by atoms with Gasteiger partial charge < -0.3 is 9.64 Å². The predicted octanol–water partition coefficient (Wildman–Crippen LogP) is 6.22. The van der Waals surface area contributed by atoms with Gasteiger partial charge in [0, 0.05) is 56.2 Å². The molecule has 0 radical (unpaired) electrons. The van der Waals surface area contributed by atoms with Gasteiger partial charge in [-0.1, -0.05) is 42.5 Å². The van der Waals surface area contributed by atoms with E-state index >= 15 is 0 Å². The van der Waals surface area contributed by atoms with Crippen LogP contribution in [0.4, 0.5) is 8.78 Å². The first-order valence-corrected chi connectivity index (χ1v) is 14.3. The molecule has 4 rings (SSSR count). The summed E-state index contributed by atoms with van der Waals surface area (Å²) >= 11 is 1.72. The maximum Gasteiger partial charge on any atom is 0.302 e. The summed E-state index contributed by atoms with van der Waals surface area (Å²) in [4.78, 5) is 17.7. The van der Waals surface area contributed by atoms with Crippen molar-refractivity contribution >= 4 is 17.7 Å². The summed E-state index contributed by atoms with van der Waals surface area (Å²) in [6.45, 7) is 7.00. The average Bonchev–Trinajstić information content (AvgIpc) is 2.92. The fourth-order valence-corrected chi connectivity index (χ4v) is 5.88. The van der Waals surface area contributed by atoms with Gasteiger partial charge in [-0.25, -0.2) is 8.78 Å². The van der Waals surface area contributed by atoms with Crippen molar-refractivity contribution in [2.45, 2.75) is 36.7 Å². The van der Waals surface area contributed by atoms with Crippen molar-refractivity contribution in [2.24, 2.45) is 0 Å². The van der Waals surface area contributed by atoms with E-state index < -0.39 is 0 Å². The van der Waals surface area contributed by atoms with Gasteiger partial charge in [0.2, 0.25) is 0 Å². The molecule has 0 aromatic heterocycles. The van der Waals surface area contributed by atoms with Crippen LogP contribution in [0, 0.1) is 11.6 Å². The standard InChI is InChI=1S/C31H36F2N2O2S/c1-24(36)37-29(23-38-30-6-3-2-4-7-30)22-35-20-18-34(19-21-35)17-5-8-31(25-9-13-27(32)14-10-25)26-11-15-28(33)16-12-26/h2-4,6-7,9-16,29,31H,5,8,17-23H2,1H3. The Morgan fingerprint density at radius 3 is 1.95 bits per heavy atom.